The highest BCUT2D eigenvalue weighted by molar-refractivity contribution is 7.99. The van der Waals surface area contributed by atoms with Gasteiger partial charge in [-0.1, -0.05) is 23.7 Å². The molecular weight excluding hydrogens is 304 g/mol. The van der Waals surface area contributed by atoms with Crippen molar-refractivity contribution in [3.8, 4) is 0 Å². The Labute approximate surface area is 133 Å². The van der Waals surface area contributed by atoms with E-state index in [2.05, 4.69) is 0 Å². The van der Waals surface area contributed by atoms with Crippen LogP contribution >= 0.6 is 23.4 Å². The summed E-state index contributed by atoms with van der Waals surface area (Å²) >= 11 is 8.03. The van der Waals surface area contributed by atoms with Crippen molar-refractivity contribution in [1.82, 2.24) is 0 Å². The van der Waals surface area contributed by atoms with Crippen LogP contribution in [0, 0.1) is 6.92 Å². The molecule has 1 amide bonds. The molecule has 1 aliphatic rings. The third-order valence-corrected chi connectivity index (χ3v) is 5.06. The fourth-order valence-corrected chi connectivity index (χ4v) is 3.59. The molecule has 0 atom stereocenters. The van der Waals surface area contributed by atoms with Gasteiger partial charge in [-0.3, -0.25) is 4.79 Å². The molecule has 0 aliphatic carbocycles. The molecule has 1 aliphatic heterocycles. The maximum absolute atomic E-state index is 12.8. The average molecular weight is 319 g/mol. The van der Waals surface area contributed by atoms with Crippen LogP contribution in [0.3, 0.4) is 0 Å². The summed E-state index contributed by atoms with van der Waals surface area (Å²) in [4.78, 5) is 15.7. The number of nitrogens with two attached hydrogens (primary N) is 1. The lowest BCUT2D eigenvalue weighted by molar-refractivity contribution is 0.0988. The largest absolute Gasteiger partial charge is 0.399 e. The number of hydrogen-bond acceptors (Lipinski definition) is 3. The van der Waals surface area contributed by atoms with Crippen LogP contribution in [0.2, 0.25) is 5.02 Å². The van der Waals surface area contributed by atoms with Crippen molar-refractivity contribution in [3.05, 3.63) is 52.5 Å². The van der Waals surface area contributed by atoms with Gasteiger partial charge < -0.3 is 10.6 Å². The van der Waals surface area contributed by atoms with Gasteiger partial charge in [0.05, 0.1) is 16.3 Å². The summed E-state index contributed by atoms with van der Waals surface area (Å²) in [6.07, 6.45) is 0. The molecule has 0 saturated heterocycles. The molecule has 3 rings (SSSR count). The van der Waals surface area contributed by atoms with Crippen molar-refractivity contribution in [3.63, 3.8) is 0 Å². The Bertz CT molecular complexity index is 717. The lowest BCUT2D eigenvalue weighted by Gasteiger charge is -2.29. The molecule has 2 N–H and O–H groups in total. The van der Waals surface area contributed by atoms with Crippen LogP contribution in [-0.4, -0.2) is 18.2 Å². The molecular formula is C16H15ClN2OS. The monoisotopic (exact) mass is 318 g/mol. The van der Waals surface area contributed by atoms with Crippen LogP contribution in [0.15, 0.2) is 41.3 Å². The van der Waals surface area contributed by atoms with Gasteiger partial charge in [0.2, 0.25) is 0 Å². The first-order valence-corrected chi connectivity index (χ1v) is 8.03. The molecule has 0 unspecified atom stereocenters. The maximum atomic E-state index is 12.8. The van der Waals surface area contributed by atoms with E-state index in [-0.39, 0.29) is 5.91 Å². The molecule has 0 spiro atoms. The minimum Gasteiger partial charge on any atom is -0.399 e. The van der Waals surface area contributed by atoms with E-state index < -0.39 is 0 Å². The number of nitrogen functional groups attached to an aromatic ring is 1. The molecule has 108 valence electrons. The molecule has 21 heavy (non-hydrogen) atoms. The van der Waals surface area contributed by atoms with Gasteiger partial charge in [0.15, 0.2) is 0 Å². The minimum atomic E-state index is -0.0733. The molecule has 1 heterocycles. The predicted octanol–water partition coefficient (Wildman–Crippen LogP) is 3.98. The Balaban J connectivity index is 2.04. The summed E-state index contributed by atoms with van der Waals surface area (Å²) in [5, 5.41) is 0.520. The van der Waals surface area contributed by atoms with E-state index >= 15 is 0 Å². The van der Waals surface area contributed by atoms with E-state index in [0.29, 0.717) is 22.8 Å². The Kier molecular flexibility index (Phi) is 3.83. The standard InChI is InChI=1S/C16H15ClN2OS/c1-10-3-2-4-12(15(10)17)16(20)19-7-8-21-14-6-5-11(18)9-13(14)19/h2-6,9H,7-8,18H2,1H3. The van der Waals surface area contributed by atoms with Crippen LogP contribution in [0.25, 0.3) is 0 Å². The highest BCUT2D eigenvalue weighted by Gasteiger charge is 2.25. The van der Waals surface area contributed by atoms with Crippen LogP contribution in [0.4, 0.5) is 11.4 Å². The SMILES string of the molecule is Cc1cccc(C(=O)N2CCSc3ccc(N)cc32)c1Cl. The normalized spacial score (nSPS) is 13.9. The first-order chi connectivity index (χ1) is 10.1. The maximum Gasteiger partial charge on any atom is 0.259 e. The number of rotatable bonds is 1. The summed E-state index contributed by atoms with van der Waals surface area (Å²) in [5.41, 5.74) is 8.83. The number of amides is 1. The molecule has 0 fully saturated rings. The van der Waals surface area contributed by atoms with Gasteiger partial charge in [0.1, 0.15) is 0 Å². The van der Waals surface area contributed by atoms with E-state index in [1.807, 2.05) is 37.3 Å². The third kappa shape index (κ3) is 2.61. The van der Waals surface area contributed by atoms with Gasteiger partial charge in [-0.15, -0.1) is 11.8 Å². The van der Waals surface area contributed by atoms with E-state index in [0.717, 1.165) is 21.9 Å². The Morgan fingerprint density at radius 3 is 2.95 bits per heavy atom. The number of hydrogen-bond donors (Lipinski definition) is 1. The van der Waals surface area contributed by atoms with E-state index in [1.54, 1.807) is 22.7 Å². The van der Waals surface area contributed by atoms with Crippen molar-refractivity contribution in [2.45, 2.75) is 11.8 Å². The third-order valence-electron chi connectivity index (χ3n) is 3.51. The molecule has 0 radical (unpaired) electrons. The lowest BCUT2D eigenvalue weighted by Crippen LogP contribution is -2.35. The van der Waals surface area contributed by atoms with Crippen LogP contribution in [0.5, 0.6) is 0 Å². The highest BCUT2D eigenvalue weighted by Crippen LogP contribution is 2.37. The molecule has 0 aromatic heterocycles. The molecule has 2 aromatic rings. The summed E-state index contributed by atoms with van der Waals surface area (Å²) < 4.78 is 0. The lowest BCUT2D eigenvalue weighted by atomic mass is 10.1. The topological polar surface area (TPSA) is 46.3 Å². The highest BCUT2D eigenvalue weighted by atomic mass is 35.5. The zero-order valence-corrected chi connectivity index (χ0v) is 13.2. The van der Waals surface area contributed by atoms with Gasteiger partial charge in [-0.05, 0) is 36.8 Å². The number of carbonyl (C=O) groups excluding carboxylic acids is 1. The van der Waals surface area contributed by atoms with E-state index in [1.165, 1.54) is 0 Å². The zero-order valence-electron chi connectivity index (χ0n) is 11.6. The molecule has 3 nitrogen and oxygen atoms in total. The minimum absolute atomic E-state index is 0.0733. The van der Waals surface area contributed by atoms with Crippen molar-refractivity contribution in [2.24, 2.45) is 0 Å². The number of nitrogens with zero attached hydrogens (tertiary/aromatic N) is 1. The zero-order chi connectivity index (χ0) is 15.0. The first kappa shape index (κ1) is 14.3. The van der Waals surface area contributed by atoms with Gasteiger partial charge in [-0.25, -0.2) is 0 Å². The van der Waals surface area contributed by atoms with Gasteiger partial charge in [0.25, 0.3) is 5.91 Å². The second-order valence-corrected chi connectivity index (χ2v) is 6.48. The van der Waals surface area contributed by atoms with Crippen molar-refractivity contribution < 1.29 is 4.79 Å². The van der Waals surface area contributed by atoms with E-state index in [9.17, 15) is 4.79 Å². The van der Waals surface area contributed by atoms with Crippen molar-refractivity contribution >= 4 is 40.6 Å². The summed E-state index contributed by atoms with van der Waals surface area (Å²) in [6, 6.07) is 11.2. The first-order valence-electron chi connectivity index (χ1n) is 6.67. The number of thioether (sulfide) groups is 1. The molecule has 2 aromatic carbocycles. The van der Waals surface area contributed by atoms with Crippen molar-refractivity contribution in [1.29, 1.82) is 0 Å². The predicted molar refractivity (Wildman–Crippen MR) is 89.4 cm³/mol. The number of aryl methyl sites for hydroxylation is 1. The molecule has 5 heteroatoms. The summed E-state index contributed by atoms with van der Waals surface area (Å²) in [5.74, 6) is 0.794. The van der Waals surface area contributed by atoms with Gasteiger partial charge in [-0.2, -0.15) is 0 Å². The van der Waals surface area contributed by atoms with Gasteiger partial charge in [0, 0.05) is 22.9 Å². The smallest absolute Gasteiger partial charge is 0.259 e. The molecule has 0 saturated carbocycles. The number of benzene rings is 2. The van der Waals surface area contributed by atoms with Crippen LogP contribution in [-0.2, 0) is 0 Å². The molecule has 0 bridgehead atoms. The number of halogens is 1. The number of carbonyl (C=O) groups is 1. The Hall–Kier alpha value is -1.65. The fraction of sp³-hybridized carbons (Fsp3) is 0.188. The second kappa shape index (κ2) is 5.62. The van der Waals surface area contributed by atoms with Crippen LogP contribution < -0.4 is 10.6 Å². The van der Waals surface area contributed by atoms with Crippen molar-refractivity contribution in [2.75, 3.05) is 22.9 Å². The van der Waals surface area contributed by atoms with E-state index in [4.69, 9.17) is 17.3 Å². The Morgan fingerprint density at radius 1 is 1.33 bits per heavy atom. The summed E-state index contributed by atoms with van der Waals surface area (Å²) in [7, 11) is 0. The Morgan fingerprint density at radius 2 is 2.14 bits per heavy atom. The quantitative estimate of drug-likeness (QED) is 0.809. The summed E-state index contributed by atoms with van der Waals surface area (Å²) in [6.45, 7) is 2.56. The fourth-order valence-electron chi connectivity index (χ4n) is 2.40. The number of fused-ring (bicyclic) bond motifs is 1. The van der Waals surface area contributed by atoms with Gasteiger partial charge >= 0.3 is 0 Å². The second-order valence-electron chi connectivity index (χ2n) is 4.97. The average Bonchev–Trinajstić information content (AvgIpc) is 2.48. The van der Waals surface area contributed by atoms with Crippen LogP contribution in [0.1, 0.15) is 15.9 Å². The number of anilines is 2.